The molecule has 1 aromatic carbocycles. The molecule has 1 aliphatic heterocycles. The topological polar surface area (TPSA) is 41.6 Å². The van der Waals surface area contributed by atoms with Gasteiger partial charge in [0, 0.05) is 25.7 Å². The summed E-state index contributed by atoms with van der Waals surface area (Å²) in [6.45, 7) is 3.47. The smallest absolute Gasteiger partial charge is 0.222 e. The first-order valence-electron chi connectivity index (χ1n) is 10.9. The van der Waals surface area contributed by atoms with E-state index in [4.69, 9.17) is 4.74 Å². The minimum Gasteiger partial charge on any atom is -0.375 e. The van der Waals surface area contributed by atoms with Crippen molar-refractivity contribution in [2.75, 3.05) is 19.7 Å². The predicted octanol–water partition coefficient (Wildman–Crippen LogP) is 3.22. The number of nitrogens with zero attached hydrogens (tertiary/aromatic N) is 1. The molecule has 4 aliphatic carbocycles. The van der Waals surface area contributed by atoms with Gasteiger partial charge in [0.2, 0.25) is 5.91 Å². The zero-order valence-corrected chi connectivity index (χ0v) is 16.2. The summed E-state index contributed by atoms with van der Waals surface area (Å²) in [6.07, 6.45) is 7.39. The molecular weight excluding hydrogens is 336 g/mol. The van der Waals surface area contributed by atoms with Crippen molar-refractivity contribution in [1.29, 1.82) is 0 Å². The maximum Gasteiger partial charge on any atom is 0.222 e. The predicted molar refractivity (Wildman–Crippen MR) is 105 cm³/mol. The number of ether oxygens (including phenoxy) is 1. The first-order chi connectivity index (χ1) is 13.2. The quantitative estimate of drug-likeness (QED) is 0.868. The Morgan fingerprint density at radius 2 is 1.74 bits per heavy atom. The molecule has 1 saturated heterocycles. The molecule has 27 heavy (non-hydrogen) atoms. The Hall–Kier alpha value is -1.39. The first-order valence-corrected chi connectivity index (χ1v) is 10.9. The monoisotopic (exact) mass is 368 g/mol. The van der Waals surface area contributed by atoms with Gasteiger partial charge >= 0.3 is 0 Å². The number of nitrogens with one attached hydrogen (secondary N) is 1. The van der Waals surface area contributed by atoms with Crippen LogP contribution in [0.5, 0.6) is 0 Å². The van der Waals surface area contributed by atoms with Crippen molar-refractivity contribution < 1.29 is 9.53 Å². The summed E-state index contributed by atoms with van der Waals surface area (Å²) in [5, 5.41) is 3.44. The fraction of sp³-hybridized carbons (Fsp3) is 0.696. The summed E-state index contributed by atoms with van der Waals surface area (Å²) in [7, 11) is 0. The largest absolute Gasteiger partial charge is 0.375 e. The minimum atomic E-state index is 0.0271. The molecule has 1 atom stereocenters. The zero-order chi connectivity index (χ0) is 18.2. The highest BCUT2D eigenvalue weighted by Crippen LogP contribution is 2.53. The first kappa shape index (κ1) is 17.7. The minimum absolute atomic E-state index is 0.0271. The van der Waals surface area contributed by atoms with Crippen molar-refractivity contribution in [2.24, 2.45) is 23.7 Å². The average molecular weight is 369 g/mol. The Balaban J connectivity index is 1.13. The molecule has 1 amide bonds. The summed E-state index contributed by atoms with van der Waals surface area (Å²) in [5.41, 5.74) is 1.33. The Kier molecular flexibility index (Phi) is 4.95. The van der Waals surface area contributed by atoms with Gasteiger partial charge in [0.25, 0.3) is 0 Å². The van der Waals surface area contributed by atoms with E-state index in [9.17, 15) is 4.79 Å². The van der Waals surface area contributed by atoms with Crippen LogP contribution in [0.25, 0.3) is 0 Å². The van der Waals surface area contributed by atoms with Crippen LogP contribution < -0.4 is 5.32 Å². The number of benzene rings is 1. The third-order valence-electron chi connectivity index (χ3n) is 7.44. The molecular formula is C23H32N2O2. The molecule has 4 saturated carbocycles. The molecule has 5 fully saturated rings. The standard InChI is InChI=1S/C23H32N2O2/c26-22(24-23-19-9-17-8-18(11-19)12-20(23)10-17)13-21-15-25(6-7-27-21)14-16-4-2-1-3-5-16/h1-5,17-21,23H,6-15H2,(H,24,26). The van der Waals surface area contributed by atoms with Gasteiger partial charge in [-0.3, -0.25) is 9.69 Å². The van der Waals surface area contributed by atoms with Gasteiger partial charge in [0.1, 0.15) is 0 Å². The number of morpholine rings is 1. The summed E-state index contributed by atoms with van der Waals surface area (Å²) in [6, 6.07) is 11.0. The van der Waals surface area contributed by atoms with Crippen LogP contribution in [0.1, 0.15) is 44.1 Å². The highest BCUT2D eigenvalue weighted by molar-refractivity contribution is 5.77. The second-order valence-electron chi connectivity index (χ2n) is 9.44. The Morgan fingerprint density at radius 1 is 1.04 bits per heavy atom. The van der Waals surface area contributed by atoms with Crippen LogP contribution in [0.15, 0.2) is 30.3 Å². The van der Waals surface area contributed by atoms with Gasteiger partial charge in [0.05, 0.1) is 19.1 Å². The van der Waals surface area contributed by atoms with E-state index in [-0.39, 0.29) is 12.0 Å². The second-order valence-corrected chi connectivity index (χ2v) is 9.44. The molecule has 0 spiro atoms. The van der Waals surface area contributed by atoms with Gasteiger partial charge in [-0.1, -0.05) is 30.3 Å². The van der Waals surface area contributed by atoms with Crippen LogP contribution in [-0.2, 0) is 16.1 Å². The van der Waals surface area contributed by atoms with Crippen LogP contribution >= 0.6 is 0 Å². The van der Waals surface area contributed by atoms with Crippen molar-refractivity contribution in [3.05, 3.63) is 35.9 Å². The van der Waals surface area contributed by atoms with Crippen molar-refractivity contribution in [3.63, 3.8) is 0 Å². The molecule has 4 bridgehead atoms. The molecule has 1 heterocycles. The lowest BCUT2D eigenvalue weighted by molar-refractivity contribution is -0.130. The number of carbonyl (C=O) groups is 1. The van der Waals surface area contributed by atoms with E-state index in [1.807, 2.05) is 0 Å². The highest BCUT2D eigenvalue weighted by atomic mass is 16.5. The van der Waals surface area contributed by atoms with E-state index >= 15 is 0 Å². The van der Waals surface area contributed by atoms with E-state index in [0.717, 1.165) is 49.9 Å². The molecule has 6 rings (SSSR count). The van der Waals surface area contributed by atoms with Gasteiger partial charge in [-0.25, -0.2) is 0 Å². The van der Waals surface area contributed by atoms with E-state index in [0.29, 0.717) is 12.5 Å². The Labute approximate surface area is 162 Å². The van der Waals surface area contributed by atoms with Crippen molar-refractivity contribution in [3.8, 4) is 0 Å². The van der Waals surface area contributed by atoms with E-state index < -0.39 is 0 Å². The third kappa shape index (κ3) is 3.93. The summed E-state index contributed by atoms with van der Waals surface area (Å²) in [4.78, 5) is 15.2. The lowest BCUT2D eigenvalue weighted by Gasteiger charge is -2.54. The summed E-state index contributed by atoms with van der Waals surface area (Å²) in [5.74, 6) is 3.60. The fourth-order valence-corrected chi connectivity index (χ4v) is 6.50. The Morgan fingerprint density at radius 3 is 2.44 bits per heavy atom. The van der Waals surface area contributed by atoms with Crippen LogP contribution in [0.3, 0.4) is 0 Å². The van der Waals surface area contributed by atoms with Crippen molar-refractivity contribution >= 4 is 5.91 Å². The van der Waals surface area contributed by atoms with Crippen molar-refractivity contribution in [2.45, 2.75) is 57.2 Å². The number of carbonyl (C=O) groups excluding carboxylic acids is 1. The lowest BCUT2D eigenvalue weighted by atomic mass is 9.54. The van der Waals surface area contributed by atoms with Crippen molar-refractivity contribution in [1.82, 2.24) is 10.2 Å². The van der Waals surface area contributed by atoms with E-state index in [2.05, 4.69) is 40.5 Å². The Bertz CT molecular complexity index is 634. The summed E-state index contributed by atoms with van der Waals surface area (Å²) < 4.78 is 5.92. The fourth-order valence-electron chi connectivity index (χ4n) is 6.50. The molecule has 1 N–H and O–H groups in total. The molecule has 5 aliphatic rings. The van der Waals surface area contributed by atoms with Crippen LogP contribution in [0.2, 0.25) is 0 Å². The summed E-state index contributed by atoms with van der Waals surface area (Å²) >= 11 is 0. The van der Waals surface area contributed by atoms with Crippen LogP contribution in [0.4, 0.5) is 0 Å². The molecule has 0 radical (unpaired) electrons. The van der Waals surface area contributed by atoms with Gasteiger partial charge in [-0.15, -0.1) is 0 Å². The second kappa shape index (κ2) is 7.56. The van der Waals surface area contributed by atoms with Gasteiger partial charge in [-0.05, 0) is 61.3 Å². The molecule has 4 heteroatoms. The maximum absolute atomic E-state index is 12.8. The number of hydrogen-bond donors (Lipinski definition) is 1. The number of amides is 1. The SMILES string of the molecule is O=C(CC1CN(Cc2ccccc2)CCO1)NC1C2CC3CC(C2)CC1C3. The van der Waals surface area contributed by atoms with E-state index in [1.165, 1.54) is 37.7 Å². The number of hydrogen-bond acceptors (Lipinski definition) is 3. The van der Waals surface area contributed by atoms with Gasteiger partial charge in [0.15, 0.2) is 0 Å². The van der Waals surface area contributed by atoms with Crippen LogP contribution in [-0.4, -0.2) is 42.6 Å². The lowest BCUT2D eigenvalue weighted by Crippen LogP contribution is -2.56. The molecule has 4 nitrogen and oxygen atoms in total. The van der Waals surface area contributed by atoms with Gasteiger partial charge < -0.3 is 10.1 Å². The highest BCUT2D eigenvalue weighted by Gasteiger charge is 2.48. The maximum atomic E-state index is 12.8. The third-order valence-corrected chi connectivity index (χ3v) is 7.44. The zero-order valence-electron chi connectivity index (χ0n) is 16.2. The molecule has 0 aromatic heterocycles. The normalized spacial score (nSPS) is 38.1. The molecule has 146 valence electrons. The number of rotatable bonds is 5. The van der Waals surface area contributed by atoms with Crippen LogP contribution in [0, 0.1) is 23.7 Å². The molecule has 1 aromatic rings. The van der Waals surface area contributed by atoms with E-state index in [1.54, 1.807) is 0 Å². The van der Waals surface area contributed by atoms with Gasteiger partial charge in [-0.2, -0.15) is 0 Å². The average Bonchev–Trinajstić information content (AvgIpc) is 2.65. The molecule has 1 unspecified atom stereocenters.